The Bertz CT molecular complexity index is 328. The van der Waals surface area contributed by atoms with Crippen LogP contribution in [0.2, 0.25) is 0 Å². The third-order valence-corrected chi connectivity index (χ3v) is 3.12. The lowest BCUT2D eigenvalue weighted by Gasteiger charge is -2.15. The van der Waals surface area contributed by atoms with E-state index >= 15 is 0 Å². The highest BCUT2D eigenvalue weighted by Crippen LogP contribution is 2.31. The van der Waals surface area contributed by atoms with E-state index in [0.717, 1.165) is 27.0 Å². The van der Waals surface area contributed by atoms with E-state index in [4.69, 9.17) is 16.2 Å². The maximum Gasteiger partial charge on any atom is 0.125 e. The Hall–Kier alpha value is -0.490. The second kappa shape index (κ2) is 4.84. The quantitative estimate of drug-likeness (QED) is 0.665. The second-order valence-electron chi connectivity index (χ2n) is 3.13. The lowest BCUT2D eigenvalue weighted by molar-refractivity contribution is 0.405. The molecule has 1 aromatic rings. The fourth-order valence-corrected chi connectivity index (χ4v) is 1.76. The van der Waals surface area contributed by atoms with Gasteiger partial charge in [0.25, 0.3) is 0 Å². The predicted octanol–water partition coefficient (Wildman–Crippen LogP) is 2.29. The van der Waals surface area contributed by atoms with Gasteiger partial charge >= 0.3 is 0 Å². The zero-order valence-corrected chi connectivity index (χ0v) is 10.5. The molecule has 0 bridgehead atoms. The summed E-state index contributed by atoms with van der Waals surface area (Å²) < 4.78 is 6.26. The van der Waals surface area contributed by atoms with Crippen LogP contribution in [0.3, 0.4) is 0 Å². The first-order valence-electron chi connectivity index (χ1n) is 4.48. The summed E-state index contributed by atoms with van der Waals surface area (Å²) >= 11 is 2.20. The minimum atomic E-state index is 0.0130. The van der Waals surface area contributed by atoms with Crippen LogP contribution in [0.5, 0.6) is 5.75 Å². The molecule has 4 N–H and O–H groups in total. The fourth-order valence-electron chi connectivity index (χ4n) is 1.27. The minimum absolute atomic E-state index is 0.0130. The Balaban J connectivity index is 3.19. The van der Waals surface area contributed by atoms with Crippen molar-refractivity contribution >= 4 is 28.3 Å². The van der Waals surface area contributed by atoms with Crippen molar-refractivity contribution in [3.63, 3.8) is 0 Å². The van der Waals surface area contributed by atoms with Crippen molar-refractivity contribution in [3.8, 4) is 5.75 Å². The molecule has 0 aromatic heterocycles. The van der Waals surface area contributed by atoms with Crippen LogP contribution < -0.4 is 16.2 Å². The number of hydrogen-bond donors (Lipinski definition) is 2. The van der Waals surface area contributed by atoms with Gasteiger partial charge in [0.1, 0.15) is 5.75 Å². The number of anilines is 1. The van der Waals surface area contributed by atoms with E-state index in [-0.39, 0.29) is 6.04 Å². The van der Waals surface area contributed by atoms with Crippen molar-refractivity contribution < 1.29 is 4.74 Å². The molecule has 1 rings (SSSR count). The van der Waals surface area contributed by atoms with Gasteiger partial charge in [-0.3, -0.25) is 0 Å². The van der Waals surface area contributed by atoms with Gasteiger partial charge in [-0.25, -0.2) is 0 Å². The highest BCUT2D eigenvalue weighted by Gasteiger charge is 2.12. The Morgan fingerprint density at radius 3 is 2.64 bits per heavy atom. The van der Waals surface area contributed by atoms with Crippen LogP contribution in [0.15, 0.2) is 12.1 Å². The lowest BCUT2D eigenvalue weighted by Crippen LogP contribution is -2.11. The topological polar surface area (TPSA) is 61.3 Å². The maximum absolute atomic E-state index is 5.97. The molecule has 0 amide bonds. The van der Waals surface area contributed by atoms with Gasteiger partial charge in [-0.05, 0) is 35.1 Å². The first-order valence-corrected chi connectivity index (χ1v) is 5.56. The van der Waals surface area contributed by atoms with Gasteiger partial charge in [-0.2, -0.15) is 0 Å². The summed E-state index contributed by atoms with van der Waals surface area (Å²) in [6, 6.07) is 3.83. The molecule has 0 aliphatic carbocycles. The van der Waals surface area contributed by atoms with Gasteiger partial charge in [0.15, 0.2) is 0 Å². The highest BCUT2D eigenvalue weighted by molar-refractivity contribution is 14.1. The molecule has 0 radical (unpaired) electrons. The summed E-state index contributed by atoms with van der Waals surface area (Å²) in [5.74, 6) is 0.775. The van der Waals surface area contributed by atoms with E-state index in [9.17, 15) is 0 Å². The first-order chi connectivity index (χ1) is 6.60. The monoisotopic (exact) mass is 306 g/mol. The van der Waals surface area contributed by atoms with Crippen molar-refractivity contribution in [2.45, 2.75) is 19.4 Å². The zero-order chi connectivity index (χ0) is 10.7. The number of rotatable bonds is 3. The van der Waals surface area contributed by atoms with E-state index in [1.54, 1.807) is 7.11 Å². The second-order valence-corrected chi connectivity index (χ2v) is 4.29. The summed E-state index contributed by atoms with van der Waals surface area (Å²) in [6.07, 6.45) is 0.885. The molecule has 0 spiro atoms. The molecule has 0 saturated carbocycles. The molecule has 0 heterocycles. The molecular formula is C10H15IN2O. The molecule has 78 valence electrons. The van der Waals surface area contributed by atoms with Crippen LogP contribution in [0, 0.1) is 3.57 Å². The van der Waals surface area contributed by atoms with Gasteiger partial charge in [0.05, 0.1) is 7.11 Å². The molecule has 4 heteroatoms. The van der Waals surface area contributed by atoms with Gasteiger partial charge < -0.3 is 16.2 Å². The standard InChI is InChI=1S/C10H15IN2O/c1-3-8(12)6-4-7(11)9(13)5-10(6)14-2/h4-5,8H,3,12-13H2,1-2H3/t8-/m1/s1. The van der Waals surface area contributed by atoms with Crippen molar-refractivity contribution in [3.05, 3.63) is 21.3 Å². The molecule has 0 saturated heterocycles. The number of nitrogen functional groups attached to an aromatic ring is 1. The van der Waals surface area contributed by atoms with Crippen molar-refractivity contribution in [2.24, 2.45) is 5.73 Å². The number of ether oxygens (including phenoxy) is 1. The van der Waals surface area contributed by atoms with E-state index in [1.807, 2.05) is 19.1 Å². The largest absolute Gasteiger partial charge is 0.496 e. The van der Waals surface area contributed by atoms with Crippen LogP contribution >= 0.6 is 22.6 Å². The van der Waals surface area contributed by atoms with Crippen molar-refractivity contribution in [2.75, 3.05) is 12.8 Å². The Morgan fingerprint density at radius 2 is 2.14 bits per heavy atom. The average Bonchev–Trinajstić information content (AvgIpc) is 2.20. The molecule has 1 aromatic carbocycles. The summed E-state index contributed by atoms with van der Waals surface area (Å²) in [7, 11) is 1.63. The highest BCUT2D eigenvalue weighted by atomic mass is 127. The van der Waals surface area contributed by atoms with Gasteiger partial charge in [-0.1, -0.05) is 6.92 Å². The third kappa shape index (κ3) is 2.30. The van der Waals surface area contributed by atoms with E-state index in [2.05, 4.69) is 22.6 Å². The first kappa shape index (κ1) is 11.6. The number of halogens is 1. The van der Waals surface area contributed by atoms with Gasteiger partial charge in [-0.15, -0.1) is 0 Å². The number of nitrogens with two attached hydrogens (primary N) is 2. The Labute approximate surface area is 97.9 Å². The van der Waals surface area contributed by atoms with Crippen LogP contribution in [-0.2, 0) is 0 Å². The van der Waals surface area contributed by atoms with E-state index < -0.39 is 0 Å². The molecule has 0 aliphatic heterocycles. The lowest BCUT2D eigenvalue weighted by atomic mass is 10.0. The molecule has 14 heavy (non-hydrogen) atoms. The smallest absolute Gasteiger partial charge is 0.125 e. The van der Waals surface area contributed by atoms with Crippen LogP contribution in [0.25, 0.3) is 0 Å². The molecule has 3 nitrogen and oxygen atoms in total. The predicted molar refractivity (Wildman–Crippen MR) is 67.3 cm³/mol. The van der Waals surface area contributed by atoms with Crippen LogP contribution in [0.1, 0.15) is 24.9 Å². The molecule has 0 unspecified atom stereocenters. The molecule has 0 fully saturated rings. The summed E-state index contributed by atoms with van der Waals surface area (Å²) in [5, 5.41) is 0. The summed E-state index contributed by atoms with van der Waals surface area (Å²) in [5.41, 5.74) is 13.5. The molecule has 0 aliphatic rings. The fraction of sp³-hybridized carbons (Fsp3) is 0.400. The maximum atomic E-state index is 5.97. The Kier molecular flexibility index (Phi) is 4.00. The van der Waals surface area contributed by atoms with Crippen LogP contribution in [0.4, 0.5) is 5.69 Å². The molecule has 1 atom stereocenters. The van der Waals surface area contributed by atoms with Gasteiger partial charge in [0.2, 0.25) is 0 Å². The Morgan fingerprint density at radius 1 is 1.50 bits per heavy atom. The minimum Gasteiger partial charge on any atom is -0.496 e. The van der Waals surface area contributed by atoms with Crippen molar-refractivity contribution in [1.29, 1.82) is 0 Å². The van der Waals surface area contributed by atoms with Gasteiger partial charge in [0, 0.05) is 26.9 Å². The van der Waals surface area contributed by atoms with E-state index in [1.165, 1.54) is 0 Å². The van der Waals surface area contributed by atoms with E-state index in [0.29, 0.717) is 0 Å². The normalized spacial score (nSPS) is 12.6. The number of benzene rings is 1. The summed E-state index contributed by atoms with van der Waals surface area (Å²) in [6.45, 7) is 2.05. The van der Waals surface area contributed by atoms with Crippen LogP contribution in [-0.4, -0.2) is 7.11 Å². The zero-order valence-electron chi connectivity index (χ0n) is 8.38. The average molecular weight is 306 g/mol. The third-order valence-electron chi connectivity index (χ3n) is 2.19. The van der Waals surface area contributed by atoms with Crippen molar-refractivity contribution in [1.82, 2.24) is 0 Å². The summed E-state index contributed by atoms with van der Waals surface area (Å²) in [4.78, 5) is 0. The molecular weight excluding hydrogens is 291 g/mol. The number of hydrogen-bond acceptors (Lipinski definition) is 3. The number of methoxy groups -OCH3 is 1. The SMILES string of the molecule is CC[C@@H](N)c1cc(I)c(N)cc1OC.